The Morgan fingerprint density at radius 1 is 1.35 bits per heavy atom. The predicted molar refractivity (Wildman–Crippen MR) is 73.6 cm³/mol. The third-order valence-electron chi connectivity index (χ3n) is 3.44. The van der Waals surface area contributed by atoms with Crippen molar-refractivity contribution in [3.63, 3.8) is 0 Å². The minimum Gasteiger partial charge on any atom is -0.479 e. The maximum atomic E-state index is 12.3. The molecule has 0 bridgehead atoms. The normalized spacial score (nSPS) is 25.8. The minimum atomic E-state index is -1.20. The summed E-state index contributed by atoms with van der Waals surface area (Å²) in [5.74, 6) is -0.995. The van der Waals surface area contributed by atoms with Crippen molar-refractivity contribution in [2.75, 3.05) is 13.7 Å². The number of methoxy groups -OCH3 is 1. The van der Waals surface area contributed by atoms with E-state index < -0.39 is 23.2 Å². The number of carbonyl (C=O) groups excluding carboxylic acids is 1. The molecular weight excluding hydrogens is 262 g/mol. The number of rotatable bonds is 5. The van der Waals surface area contributed by atoms with Crippen molar-refractivity contribution in [2.45, 2.75) is 64.2 Å². The number of ether oxygens (including phenoxy) is 2. The molecule has 6 heteroatoms. The van der Waals surface area contributed by atoms with Crippen LogP contribution in [0.3, 0.4) is 0 Å². The highest BCUT2D eigenvalue weighted by molar-refractivity contribution is 5.86. The number of amides is 1. The van der Waals surface area contributed by atoms with E-state index >= 15 is 0 Å². The average Bonchev–Trinajstić information content (AvgIpc) is 2.23. The zero-order valence-electron chi connectivity index (χ0n) is 12.9. The van der Waals surface area contributed by atoms with Crippen molar-refractivity contribution in [3.05, 3.63) is 0 Å². The standard InChI is InChI=1S/C14H25NO5/c1-6-7-15(12(18)20-13(2,3)4)14(11(16)17)8-10(9-14)19-5/h10H,6-9H2,1-5H3,(H,16,17). The molecule has 0 spiro atoms. The van der Waals surface area contributed by atoms with Gasteiger partial charge >= 0.3 is 12.1 Å². The lowest BCUT2D eigenvalue weighted by Crippen LogP contribution is -2.66. The van der Waals surface area contributed by atoms with Gasteiger partial charge < -0.3 is 14.6 Å². The van der Waals surface area contributed by atoms with Gasteiger partial charge in [0, 0.05) is 26.5 Å². The zero-order chi connectivity index (χ0) is 15.6. The third kappa shape index (κ3) is 3.42. The van der Waals surface area contributed by atoms with E-state index in [4.69, 9.17) is 9.47 Å². The van der Waals surface area contributed by atoms with Gasteiger partial charge in [-0.2, -0.15) is 0 Å². The maximum Gasteiger partial charge on any atom is 0.411 e. The molecule has 0 aromatic heterocycles. The van der Waals surface area contributed by atoms with Crippen molar-refractivity contribution in [3.8, 4) is 0 Å². The van der Waals surface area contributed by atoms with Gasteiger partial charge in [0.25, 0.3) is 0 Å². The molecule has 0 heterocycles. The summed E-state index contributed by atoms with van der Waals surface area (Å²) >= 11 is 0. The van der Waals surface area contributed by atoms with E-state index in [0.29, 0.717) is 25.8 Å². The van der Waals surface area contributed by atoms with Gasteiger partial charge in [-0.1, -0.05) is 6.92 Å². The molecule has 116 valence electrons. The van der Waals surface area contributed by atoms with E-state index in [9.17, 15) is 14.7 Å². The first-order valence-corrected chi connectivity index (χ1v) is 6.93. The quantitative estimate of drug-likeness (QED) is 0.839. The van der Waals surface area contributed by atoms with Crippen LogP contribution in [0.15, 0.2) is 0 Å². The molecule has 1 amide bonds. The lowest BCUT2D eigenvalue weighted by Gasteiger charge is -2.50. The number of nitrogens with zero attached hydrogens (tertiary/aromatic N) is 1. The smallest absolute Gasteiger partial charge is 0.411 e. The molecule has 1 saturated carbocycles. The third-order valence-corrected chi connectivity index (χ3v) is 3.44. The highest BCUT2D eigenvalue weighted by Gasteiger charge is 2.57. The Hall–Kier alpha value is -1.30. The summed E-state index contributed by atoms with van der Waals surface area (Å²) < 4.78 is 10.5. The summed E-state index contributed by atoms with van der Waals surface area (Å²) in [4.78, 5) is 25.3. The largest absolute Gasteiger partial charge is 0.479 e. The Kier molecular flexibility index (Phi) is 5.02. The molecule has 0 unspecified atom stereocenters. The number of carboxylic acids is 1. The number of carbonyl (C=O) groups is 2. The van der Waals surface area contributed by atoms with Crippen molar-refractivity contribution in [2.24, 2.45) is 0 Å². The van der Waals surface area contributed by atoms with Crippen LogP contribution in [0.1, 0.15) is 47.0 Å². The van der Waals surface area contributed by atoms with E-state index in [0.717, 1.165) is 0 Å². The number of hydrogen-bond acceptors (Lipinski definition) is 4. The first kappa shape index (κ1) is 16.8. The maximum absolute atomic E-state index is 12.3. The molecule has 0 saturated heterocycles. The Labute approximate surface area is 120 Å². The molecule has 0 aliphatic heterocycles. The molecule has 0 aromatic rings. The lowest BCUT2D eigenvalue weighted by molar-refractivity contribution is -0.169. The Balaban J connectivity index is 2.93. The second kappa shape index (κ2) is 5.99. The van der Waals surface area contributed by atoms with Crippen molar-refractivity contribution in [1.82, 2.24) is 4.90 Å². The van der Waals surface area contributed by atoms with Crippen molar-refractivity contribution in [1.29, 1.82) is 0 Å². The number of aliphatic carboxylic acids is 1. The van der Waals surface area contributed by atoms with E-state index in [1.54, 1.807) is 27.9 Å². The highest BCUT2D eigenvalue weighted by atomic mass is 16.6. The van der Waals surface area contributed by atoms with Gasteiger partial charge in [-0.15, -0.1) is 0 Å². The Morgan fingerprint density at radius 2 is 1.90 bits per heavy atom. The van der Waals surface area contributed by atoms with E-state index in [1.807, 2.05) is 6.92 Å². The summed E-state index contributed by atoms with van der Waals surface area (Å²) in [5.41, 5.74) is -1.84. The first-order valence-electron chi connectivity index (χ1n) is 6.93. The monoisotopic (exact) mass is 287 g/mol. The molecule has 0 radical (unpaired) electrons. The fourth-order valence-electron chi connectivity index (χ4n) is 2.39. The Bertz CT molecular complexity index is 368. The molecule has 0 aromatic carbocycles. The Morgan fingerprint density at radius 3 is 2.25 bits per heavy atom. The number of carboxylic acid groups (broad SMARTS) is 1. The number of hydrogen-bond donors (Lipinski definition) is 1. The summed E-state index contributed by atoms with van der Waals surface area (Å²) in [6, 6.07) is 0. The second-order valence-electron chi connectivity index (χ2n) is 6.23. The molecule has 1 rings (SSSR count). The van der Waals surface area contributed by atoms with Crippen molar-refractivity contribution < 1.29 is 24.2 Å². The van der Waals surface area contributed by atoms with Crippen molar-refractivity contribution >= 4 is 12.1 Å². The average molecular weight is 287 g/mol. The van der Waals surface area contributed by atoms with Crippen LogP contribution in [0.5, 0.6) is 0 Å². The van der Waals surface area contributed by atoms with Gasteiger partial charge in [-0.25, -0.2) is 9.59 Å². The van der Waals surface area contributed by atoms with Gasteiger partial charge in [0.1, 0.15) is 11.1 Å². The van der Waals surface area contributed by atoms with Crippen LogP contribution in [0.25, 0.3) is 0 Å². The molecule has 6 nitrogen and oxygen atoms in total. The zero-order valence-corrected chi connectivity index (χ0v) is 12.9. The van der Waals surface area contributed by atoms with Crippen LogP contribution in [-0.2, 0) is 14.3 Å². The van der Waals surface area contributed by atoms with Crippen LogP contribution in [-0.4, -0.2) is 53.0 Å². The van der Waals surface area contributed by atoms with Gasteiger partial charge in [0.05, 0.1) is 6.10 Å². The summed E-state index contributed by atoms with van der Waals surface area (Å²) in [6.07, 6.45) is 0.589. The minimum absolute atomic E-state index is 0.118. The van der Waals surface area contributed by atoms with Crippen LogP contribution >= 0.6 is 0 Å². The topological polar surface area (TPSA) is 76.1 Å². The van der Waals surface area contributed by atoms with Crippen LogP contribution < -0.4 is 0 Å². The molecule has 1 N–H and O–H groups in total. The molecular formula is C14H25NO5. The van der Waals surface area contributed by atoms with E-state index in [-0.39, 0.29) is 6.10 Å². The summed E-state index contributed by atoms with van der Waals surface area (Å²) in [6.45, 7) is 7.56. The van der Waals surface area contributed by atoms with Gasteiger partial charge in [0.2, 0.25) is 0 Å². The second-order valence-corrected chi connectivity index (χ2v) is 6.23. The highest BCUT2D eigenvalue weighted by Crippen LogP contribution is 2.40. The predicted octanol–water partition coefficient (Wildman–Crippen LogP) is 2.27. The van der Waals surface area contributed by atoms with Crippen LogP contribution in [0, 0.1) is 0 Å². The molecule has 1 aliphatic rings. The van der Waals surface area contributed by atoms with Gasteiger partial charge in [0.15, 0.2) is 0 Å². The van der Waals surface area contributed by atoms with Gasteiger partial charge in [-0.05, 0) is 27.2 Å². The summed E-state index contributed by atoms with van der Waals surface area (Å²) in [5, 5.41) is 9.54. The molecule has 0 atom stereocenters. The SMILES string of the molecule is CCCN(C(=O)OC(C)(C)C)C1(C(=O)O)CC(OC)C1. The van der Waals surface area contributed by atoms with Gasteiger partial charge in [-0.3, -0.25) is 4.90 Å². The lowest BCUT2D eigenvalue weighted by atomic mass is 9.72. The fraction of sp³-hybridized carbons (Fsp3) is 0.857. The summed E-state index contributed by atoms with van der Waals surface area (Å²) in [7, 11) is 1.55. The molecule has 1 fully saturated rings. The fourth-order valence-corrected chi connectivity index (χ4v) is 2.39. The van der Waals surface area contributed by atoms with E-state index in [2.05, 4.69) is 0 Å². The first-order chi connectivity index (χ1) is 9.16. The van der Waals surface area contributed by atoms with Crippen LogP contribution in [0.4, 0.5) is 4.79 Å². The molecule has 20 heavy (non-hydrogen) atoms. The van der Waals surface area contributed by atoms with E-state index in [1.165, 1.54) is 4.90 Å². The van der Waals surface area contributed by atoms with Crippen LogP contribution in [0.2, 0.25) is 0 Å². The molecule has 1 aliphatic carbocycles.